The van der Waals surface area contributed by atoms with E-state index in [2.05, 4.69) is 49.1 Å². The van der Waals surface area contributed by atoms with Gasteiger partial charge in [-0.1, -0.05) is 37.3 Å². The van der Waals surface area contributed by atoms with E-state index in [0.717, 1.165) is 60.3 Å². The summed E-state index contributed by atoms with van der Waals surface area (Å²) in [6.07, 6.45) is 6.33. The summed E-state index contributed by atoms with van der Waals surface area (Å²) in [5.41, 5.74) is 4.74. The zero-order chi connectivity index (χ0) is 25.9. The quantitative estimate of drug-likeness (QED) is 0.334. The molecular formula is C30H28N6O2. The zero-order valence-electron chi connectivity index (χ0n) is 21.2. The van der Waals surface area contributed by atoms with Gasteiger partial charge in [0.05, 0.1) is 0 Å². The highest BCUT2D eigenvalue weighted by molar-refractivity contribution is 6.04. The third-order valence-corrected chi connectivity index (χ3v) is 7.03. The molecule has 8 heteroatoms. The number of hydrogen-bond acceptors (Lipinski definition) is 7. The Hall–Kier alpha value is -4.56. The molecule has 1 amide bonds. The van der Waals surface area contributed by atoms with Crippen molar-refractivity contribution < 1.29 is 9.53 Å². The number of nitrogens with one attached hydrogen (secondary N) is 1. The second-order valence-corrected chi connectivity index (χ2v) is 9.26. The lowest BCUT2D eigenvalue weighted by atomic mass is 9.99. The molecular weight excluding hydrogens is 476 g/mol. The smallest absolute Gasteiger partial charge is 0.408 e. The van der Waals surface area contributed by atoms with E-state index in [1.165, 1.54) is 0 Å². The van der Waals surface area contributed by atoms with Crippen LogP contribution in [0.1, 0.15) is 6.92 Å². The monoisotopic (exact) mass is 504 g/mol. The maximum absolute atomic E-state index is 12.9. The normalized spacial score (nSPS) is 14.1. The summed E-state index contributed by atoms with van der Waals surface area (Å²) in [4.78, 5) is 31.2. The molecule has 2 aromatic heterocycles. The number of aromatic nitrogens is 3. The molecule has 0 spiro atoms. The van der Waals surface area contributed by atoms with Gasteiger partial charge in [-0.05, 0) is 42.3 Å². The number of piperazine rings is 1. The van der Waals surface area contributed by atoms with E-state index in [9.17, 15) is 4.79 Å². The summed E-state index contributed by atoms with van der Waals surface area (Å²) < 4.78 is 5.74. The van der Waals surface area contributed by atoms with E-state index >= 15 is 0 Å². The molecule has 5 aromatic rings. The molecule has 0 aliphatic carbocycles. The molecule has 190 valence electrons. The predicted molar refractivity (Wildman–Crippen MR) is 151 cm³/mol. The van der Waals surface area contributed by atoms with Crippen molar-refractivity contribution in [3.05, 3.63) is 85.5 Å². The number of rotatable bonds is 5. The Balaban J connectivity index is 1.24. The van der Waals surface area contributed by atoms with Crippen LogP contribution in [-0.4, -0.2) is 58.7 Å². The number of anilines is 2. The third kappa shape index (κ3) is 4.73. The maximum Gasteiger partial charge on any atom is 0.417 e. The molecule has 0 saturated carbocycles. The Morgan fingerprint density at radius 1 is 0.895 bits per heavy atom. The molecule has 6 rings (SSSR count). The Labute approximate surface area is 220 Å². The summed E-state index contributed by atoms with van der Waals surface area (Å²) in [7, 11) is 0. The van der Waals surface area contributed by atoms with Gasteiger partial charge in [0.1, 0.15) is 11.0 Å². The molecule has 38 heavy (non-hydrogen) atoms. The number of carbonyl (C=O) groups is 1. The number of hydrogen-bond donors (Lipinski definition) is 1. The van der Waals surface area contributed by atoms with Crippen LogP contribution in [0.3, 0.4) is 0 Å². The van der Waals surface area contributed by atoms with Crippen LogP contribution in [0.2, 0.25) is 0 Å². The van der Waals surface area contributed by atoms with Crippen molar-refractivity contribution in [2.75, 3.05) is 42.9 Å². The van der Waals surface area contributed by atoms with Gasteiger partial charge in [-0.15, -0.1) is 0 Å². The molecule has 0 atom stereocenters. The number of fused-ring (bicyclic) bond motifs is 2. The van der Waals surface area contributed by atoms with Crippen LogP contribution >= 0.6 is 0 Å². The van der Waals surface area contributed by atoms with Gasteiger partial charge in [-0.2, -0.15) is 0 Å². The highest BCUT2D eigenvalue weighted by Crippen LogP contribution is 2.35. The van der Waals surface area contributed by atoms with Crippen molar-refractivity contribution >= 4 is 39.3 Å². The van der Waals surface area contributed by atoms with E-state index in [0.29, 0.717) is 22.5 Å². The van der Waals surface area contributed by atoms with Crippen molar-refractivity contribution in [1.29, 1.82) is 0 Å². The van der Waals surface area contributed by atoms with E-state index in [-0.39, 0.29) is 0 Å². The van der Waals surface area contributed by atoms with Crippen LogP contribution in [0.15, 0.2) is 85.5 Å². The van der Waals surface area contributed by atoms with E-state index in [4.69, 9.17) is 4.74 Å². The summed E-state index contributed by atoms with van der Waals surface area (Å²) in [6.45, 7) is 7.26. The van der Waals surface area contributed by atoms with Crippen LogP contribution in [0.4, 0.5) is 16.2 Å². The number of ether oxygens (including phenoxy) is 1. The molecule has 1 fully saturated rings. The van der Waals surface area contributed by atoms with Gasteiger partial charge in [0, 0.05) is 78.9 Å². The molecule has 0 bridgehead atoms. The van der Waals surface area contributed by atoms with Gasteiger partial charge in [-0.25, -0.2) is 9.78 Å². The molecule has 0 unspecified atom stereocenters. The standard InChI is InChI=1S/C30H28N6O2/c1-2-35-14-16-36(17-15-35)23-8-5-7-22(18-23)34-30(37)38-27-11-10-25(28-29(27)33-13-12-32-28)26-20-31-19-21-6-3-4-9-24(21)26/h3-13,18-20H,2,14-17H2,1H3,(H,34,37). The Bertz CT molecular complexity index is 1610. The van der Waals surface area contributed by atoms with Crippen LogP contribution in [0, 0.1) is 0 Å². The lowest BCUT2D eigenvalue weighted by Crippen LogP contribution is -2.46. The lowest BCUT2D eigenvalue weighted by Gasteiger charge is -2.35. The first kappa shape index (κ1) is 23.8. The van der Waals surface area contributed by atoms with Crippen molar-refractivity contribution in [3.8, 4) is 16.9 Å². The largest absolute Gasteiger partial charge is 0.417 e. The van der Waals surface area contributed by atoms with Crippen molar-refractivity contribution in [1.82, 2.24) is 19.9 Å². The lowest BCUT2D eigenvalue weighted by molar-refractivity contribution is 0.215. The van der Waals surface area contributed by atoms with Crippen LogP contribution in [0.25, 0.3) is 32.9 Å². The second-order valence-electron chi connectivity index (χ2n) is 9.26. The van der Waals surface area contributed by atoms with Crippen molar-refractivity contribution in [3.63, 3.8) is 0 Å². The van der Waals surface area contributed by atoms with Crippen LogP contribution < -0.4 is 15.0 Å². The average molecular weight is 505 g/mol. The molecule has 0 radical (unpaired) electrons. The molecule has 1 saturated heterocycles. The fourth-order valence-corrected chi connectivity index (χ4v) is 5.01. The maximum atomic E-state index is 12.9. The molecule has 1 N–H and O–H groups in total. The zero-order valence-corrected chi connectivity index (χ0v) is 21.2. The van der Waals surface area contributed by atoms with E-state index in [1.807, 2.05) is 54.9 Å². The number of likely N-dealkylation sites (N-methyl/N-ethyl adjacent to an activating group) is 1. The topological polar surface area (TPSA) is 83.5 Å². The Kier molecular flexibility index (Phi) is 6.54. The first-order valence-corrected chi connectivity index (χ1v) is 12.8. The number of pyridine rings is 1. The highest BCUT2D eigenvalue weighted by Gasteiger charge is 2.18. The highest BCUT2D eigenvalue weighted by atomic mass is 16.6. The average Bonchev–Trinajstić information content (AvgIpc) is 2.97. The number of nitrogens with zero attached hydrogens (tertiary/aromatic N) is 5. The summed E-state index contributed by atoms with van der Waals surface area (Å²) >= 11 is 0. The first-order valence-electron chi connectivity index (χ1n) is 12.8. The summed E-state index contributed by atoms with van der Waals surface area (Å²) in [5, 5.41) is 4.97. The van der Waals surface area contributed by atoms with Crippen LogP contribution in [-0.2, 0) is 0 Å². The second kappa shape index (κ2) is 10.4. The van der Waals surface area contributed by atoms with Gasteiger partial charge in [0.15, 0.2) is 5.75 Å². The summed E-state index contributed by atoms with van der Waals surface area (Å²) in [6, 6.07) is 19.6. The minimum Gasteiger partial charge on any atom is -0.408 e. The first-order chi connectivity index (χ1) is 18.7. The molecule has 3 heterocycles. The van der Waals surface area contributed by atoms with Crippen molar-refractivity contribution in [2.45, 2.75) is 6.92 Å². The van der Waals surface area contributed by atoms with Gasteiger partial charge >= 0.3 is 6.09 Å². The SMILES string of the molecule is CCN1CCN(c2cccc(NC(=O)Oc3ccc(-c4cncc5ccccc45)c4nccnc34)c2)CC1. The Morgan fingerprint density at radius 3 is 2.55 bits per heavy atom. The predicted octanol–water partition coefficient (Wildman–Crippen LogP) is 5.60. The van der Waals surface area contributed by atoms with Crippen molar-refractivity contribution in [2.24, 2.45) is 0 Å². The number of amides is 1. The molecule has 1 aliphatic rings. The third-order valence-electron chi connectivity index (χ3n) is 7.03. The number of benzene rings is 3. The minimum atomic E-state index is -0.579. The molecule has 3 aromatic carbocycles. The number of carbonyl (C=O) groups excluding carboxylic acids is 1. The minimum absolute atomic E-state index is 0.342. The van der Waals surface area contributed by atoms with Gasteiger partial charge in [-0.3, -0.25) is 15.3 Å². The van der Waals surface area contributed by atoms with E-state index < -0.39 is 6.09 Å². The summed E-state index contributed by atoms with van der Waals surface area (Å²) in [5.74, 6) is 0.342. The molecule has 1 aliphatic heterocycles. The fraction of sp³-hybridized carbons (Fsp3) is 0.200. The van der Waals surface area contributed by atoms with E-state index in [1.54, 1.807) is 18.5 Å². The fourth-order valence-electron chi connectivity index (χ4n) is 5.01. The Morgan fingerprint density at radius 2 is 1.71 bits per heavy atom. The van der Waals surface area contributed by atoms with Gasteiger partial charge < -0.3 is 14.5 Å². The molecule has 8 nitrogen and oxygen atoms in total. The van der Waals surface area contributed by atoms with Crippen LogP contribution in [0.5, 0.6) is 5.75 Å². The van der Waals surface area contributed by atoms with Gasteiger partial charge in [0.2, 0.25) is 0 Å². The van der Waals surface area contributed by atoms with Gasteiger partial charge in [0.25, 0.3) is 0 Å².